The monoisotopic (exact) mass is 208 g/mol. The molecule has 2 heteroatoms. The molecule has 3 rings (SSSR count). The van der Waals surface area contributed by atoms with Gasteiger partial charge in [0.2, 0.25) is 0 Å². The minimum atomic E-state index is 1.02. The maximum atomic E-state index is 4.44. The van der Waals surface area contributed by atoms with Crippen molar-refractivity contribution in [1.82, 2.24) is 9.55 Å². The molecule has 0 aliphatic rings. The van der Waals surface area contributed by atoms with E-state index in [1.165, 1.54) is 10.9 Å². The standard InChI is InChI=1S/C14H12N2/c1-11-10-16(12-6-3-2-4-7-12)14-13(11)8-5-9-15-14/h2-10H,1H3. The highest BCUT2D eigenvalue weighted by Crippen LogP contribution is 2.21. The molecule has 0 bridgehead atoms. The number of aryl methyl sites for hydroxylation is 1. The molecule has 0 radical (unpaired) electrons. The van der Waals surface area contributed by atoms with Crippen molar-refractivity contribution >= 4 is 11.0 Å². The van der Waals surface area contributed by atoms with Crippen LogP contribution in [0.1, 0.15) is 5.56 Å². The van der Waals surface area contributed by atoms with Crippen LogP contribution in [0, 0.1) is 6.92 Å². The van der Waals surface area contributed by atoms with Crippen LogP contribution in [0.2, 0.25) is 0 Å². The molecule has 2 heterocycles. The molecule has 0 fully saturated rings. The minimum Gasteiger partial charge on any atom is -0.301 e. The molecular formula is C14H12N2. The van der Waals surface area contributed by atoms with Gasteiger partial charge >= 0.3 is 0 Å². The van der Waals surface area contributed by atoms with Crippen molar-refractivity contribution in [1.29, 1.82) is 0 Å². The Balaban J connectivity index is 2.33. The van der Waals surface area contributed by atoms with Crippen LogP contribution in [0.5, 0.6) is 0 Å². The lowest BCUT2D eigenvalue weighted by Gasteiger charge is -2.03. The lowest BCUT2D eigenvalue weighted by Crippen LogP contribution is -1.92. The van der Waals surface area contributed by atoms with Gasteiger partial charge in [0.05, 0.1) is 0 Å². The van der Waals surface area contributed by atoms with Gasteiger partial charge in [-0.2, -0.15) is 0 Å². The van der Waals surface area contributed by atoms with Gasteiger partial charge in [0.1, 0.15) is 5.65 Å². The molecule has 0 saturated carbocycles. The summed E-state index contributed by atoms with van der Waals surface area (Å²) in [5.41, 5.74) is 3.43. The van der Waals surface area contributed by atoms with Crippen LogP contribution in [-0.2, 0) is 0 Å². The van der Waals surface area contributed by atoms with Gasteiger partial charge in [-0.15, -0.1) is 0 Å². The Morgan fingerprint density at radius 1 is 1.00 bits per heavy atom. The van der Waals surface area contributed by atoms with Crippen molar-refractivity contribution in [3.8, 4) is 5.69 Å². The fraction of sp³-hybridized carbons (Fsp3) is 0.0714. The Labute approximate surface area is 94.2 Å². The van der Waals surface area contributed by atoms with E-state index in [0.717, 1.165) is 11.3 Å². The van der Waals surface area contributed by atoms with Crippen LogP contribution in [0.4, 0.5) is 0 Å². The summed E-state index contributed by atoms with van der Waals surface area (Å²) in [6, 6.07) is 14.4. The van der Waals surface area contributed by atoms with Crippen molar-refractivity contribution in [3.63, 3.8) is 0 Å². The smallest absolute Gasteiger partial charge is 0.144 e. The van der Waals surface area contributed by atoms with Gasteiger partial charge in [0, 0.05) is 23.5 Å². The van der Waals surface area contributed by atoms with E-state index in [2.05, 4.69) is 40.9 Å². The molecule has 0 saturated heterocycles. The summed E-state index contributed by atoms with van der Waals surface area (Å²) in [4.78, 5) is 4.44. The summed E-state index contributed by atoms with van der Waals surface area (Å²) in [6.45, 7) is 2.11. The molecule has 0 aliphatic heterocycles. The average molecular weight is 208 g/mol. The third-order valence-electron chi connectivity index (χ3n) is 2.80. The molecule has 0 amide bonds. The number of hydrogen-bond acceptors (Lipinski definition) is 1. The van der Waals surface area contributed by atoms with Crippen LogP contribution >= 0.6 is 0 Å². The lowest BCUT2D eigenvalue weighted by molar-refractivity contribution is 1.09. The quantitative estimate of drug-likeness (QED) is 0.599. The molecular weight excluding hydrogens is 196 g/mol. The van der Waals surface area contributed by atoms with Gasteiger partial charge in [0.15, 0.2) is 0 Å². The molecule has 3 aromatic rings. The molecule has 0 atom stereocenters. The summed E-state index contributed by atoms with van der Waals surface area (Å²) in [7, 11) is 0. The highest BCUT2D eigenvalue weighted by atomic mass is 15.0. The van der Waals surface area contributed by atoms with E-state index >= 15 is 0 Å². The molecule has 16 heavy (non-hydrogen) atoms. The van der Waals surface area contributed by atoms with Crippen LogP contribution < -0.4 is 0 Å². The summed E-state index contributed by atoms with van der Waals surface area (Å²) < 4.78 is 2.13. The van der Waals surface area contributed by atoms with E-state index in [0.29, 0.717) is 0 Å². The van der Waals surface area contributed by atoms with Crippen molar-refractivity contribution in [2.75, 3.05) is 0 Å². The first-order valence-electron chi connectivity index (χ1n) is 5.34. The van der Waals surface area contributed by atoms with E-state index in [9.17, 15) is 0 Å². The third-order valence-corrected chi connectivity index (χ3v) is 2.80. The number of nitrogens with zero attached hydrogens (tertiary/aromatic N) is 2. The zero-order chi connectivity index (χ0) is 11.0. The molecule has 0 unspecified atom stereocenters. The Hall–Kier alpha value is -2.09. The van der Waals surface area contributed by atoms with Gasteiger partial charge in [-0.3, -0.25) is 0 Å². The molecule has 78 valence electrons. The number of pyridine rings is 1. The normalized spacial score (nSPS) is 10.8. The Morgan fingerprint density at radius 2 is 1.81 bits per heavy atom. The average Bonchev–Trinajstić information content (AvgIpc) is 2.69. The fourth-order valence-corrected chi connectivity index (χ4v) is 2.01. The summed E-state index contributed by atoms with van der Waals surface area (Å²) in [6.07, 6.45) is 3.97. The zero-order valence-corrected chi connectivity index (χ0v) is 9.09. The maximum absolute atomic E-state index is 4.44. The van der Waals surface area contributed by atoms with Crippen molar-refractivity contribution in [2.45, 2.75) is 6.92 Å². The van der Waals surface area contributed by atoms with E-state index in [1.54, 1.807) is 0 Å². The number of fused-ring (bicyclic) bond motifs is 1. The first kappa shape index (κ1) is 9.16. The second kappa shape index (κ2) is 3.49. The van der Waals surface area contributed by atoms with Crippen molar-refractivity contribution < 1.29 is 0 Å². The second-order valence-corrected chi connectivity index (χ2v) is 3.89. The molecule has 0 aliphatic carbocycles. The number of hydrogen-bond donors (Lipinski definition) is 0. The lowest BCUT2D eigenvalue weighted by atomic mass is 10.2. The number of para-hydroxylation sites is 1. The summed E-state index contributed by atoms with van der Waals surface area (Å²) >= 11 is 0. The topological polar surface area (TPSA) is 17.8 Å². The maximum Gasteiger partial charge on any atom is 0.144 e. The molecule has 2 aromatic heterocycles. The van der Waals surface area contributed by atoms with Gasteiger partial charge in [-0.1, -0.05) is 18.2 Å². The first-order valence-corrected chi connectivity index (χ1v) is 5.34. The number of aromatic nitrogens is 2. The molecule has 0 spiro atoms. The molecule has 0 N–H and O–H groups in total. The minimum absolute atomic E-state index is 1.02. The summed E-state index contributed by atoms with van der Waals surface area (Å²) in [5.74, 6) is 0. The first-order chi connectivity index (χ1) is 7.86. The molecule has 1 aromatic carbocycles. The zero-order valence-electron chi connectivity index (χ0n) is 9.09. The van der Waals surface area contributed by atoms with Gasteiger partial charge in [-0.05, 0) is 36.8 Å². The van der Waals surface area contributed by atoms with E-state index in [1.807, 2.05) is 30.5 Å². The van der Waals surface area contributed by atoms with E-state index in [4.69, 9.17) is 0 Å². The van der Waals surface area contributed by atoms with Crippen LogP contribution in [0.3, 0.4) is 0 Å². The van der Waals surface area contributed by atoms with E-state index in [-0.39, 0.29) is 0 Å². The van der Waals surface area contributed by atoms with Crippen LogP contribution in [0.15, 0.2) is 54.9 Å². The Bertz CT molecular complexity index is 624. The largest absolute Gasteiger partial charge is 0.301 e. The fourth-order valence-electron chi connectivity index (χ4n) is 2.01. The Morgan fingerprint density at radius 3 is 2.62 bits per heavy atom. The van der Waals surface area contributed by atoms with Crippen LogP contribution in [-0.4, -0.2) is 9.55 Å². The predicted octanol–water partition coefficient (Wildman–Crippen LogP) is 3.33. The van der Waals surface area contributed by atoms with Gasteiger partial charge in [0.25, 0.3) is 0 Å². The predicted molar refractivity (Wildman–Crippen MR) is 65.8 cm³/mol. The third kappa shape index (κ3) is 1.31. The second-order valence-electron chi connectivity index (χ2n) is 3.89. The van der Waals surface area contributed by atoms with E-state index < -0.39 is 0 Å². The Kier molecular flexibility index (Phi) is 2.00. The highest BCUT2D eigenvalue weighted by Gasteiger charge is 2.06. The van der Waals surface area contributed by atoms with Crippen molar-refractivity contribution in [2.24, 2.45) is 0 Å². The molecule has 2 nitrogen and oxygen atoms in total. The number of rotatable bonds is 1. The number of benzene rings is 1. The van der Waals surface area contributed by atoms with Gasteiger partial charge in [-0.25, -0.2) is 4.98 Å². The SMILES string of the molecule is Cc1cn(-c2ccccc2)c2ncccc12. The van der Waals surface area contributed by atoms with Crippen LogP contribution in [0.25, 0.3) is 16.7 Å². The highest BCUT2D eigenvalue weighted by molar-refractivity contribution is 5.81. The summed E-state index contributed by atoms with van der Waals surface area (Å²) in [5, 5.41) is 1.21. The van der Waals surface area contributed by atoms with Crippen molar-refractivity contribution in [3.05, 3.63) is 60.4 Å². The van der Waals surface area contributed by atoms with Gasteiger partial charge < -0.3 is 4.57 Å².